The van der Waals surface area contributed by atoms with Crippen LogP contribution in [0.1, 0.15) is 22.7 Å². The molecule has 2 aromatic heterocycles. The second kappa shape index (κ2) is 10.2. The number of aromatic nitrogens is 2. The molecule has 0 fully saturated rings. The number of hydrogen-bond acceptors (Lipinski definition) is 4. The Morgan fingerprint density at radius 2 is 1.74 bits per heavy atom. The quantitative estimate of drug-likeness (QED) is 0.293. The van der Waals surface area contributed by atoms with Gasteiger partial charge in [-0.2, -0.15) is 0 Å². The molecule has 1 amide bonds. The summed E-state index contributed by atoms with van der Waals surface area (Å²) in [5, 5.41) is 7.25. The number of para-hydroxylation sites is 1. The van der Waals surface area contributed by atoms with Crippen molar-refractivity contribution >= 4 is 33.8 Å². The molecule has 5 aromatic rings. The molecule has 6 heteroatoms. The number of nitrogens with zero attached hydrogens (tertiary/aromatic N) is 2. The first-order valence-corrected chi connectivity index (χ1v) is 12.6. The highest BCUT2D eigenvalue weighted by Gasteiger charge is 2.20. The van der Waals surface area contributed by atoms with Crippen LogP contribution in [0.4, 0.5) is 5.69 Å². The summed E-state index contributed by atoms with van der Waals surface area (Å²) in [6, 6.07) is 26.9. The molecule has 2 heterocycles. The Bertz CT molecular complexity index is 1420. The van der Waals surface area contributed by atoms with E-state index in [-0.39, 0.29) is 18.2 Å². The van der Waals surface area contributed by atoms with Gasteiger partial charge in [-0.05, 0) is 29.3 Å². The number of fused-ring (bicyclic) bond motifs is 1. The normalized spacial score (nSPS) is 11.9. The molecule has 0 saturated carbocycles. The van der Waals surface area contributed by atoms with E-state index in [1.807, 2.05) is 55.9 Å². The molecule has 3 aromatic carbocycles. The summed E-state index contributed by atoms with van der Waals surface area (Å²) in [4.78, 5) is 23.1. The van der Waals surface area contributed by atoms with E-state index in [2.05, 4.69) is 68.8 Å². The average Bonchev–Trinajstić information content (AvgIpc) is 3.53. The van der Waals surface area contributed by atoms with Crippen LogP contribution in [-0.2, 0) is 11.2 Å². The zero-order valence-electron chi connectivity index (χ0n) is 19.9. The van der Waals surface area contributed by atoms with Gasteiger partial charge >= 0.3 is 0 Å². The lowest BCUT2D eigenvalue weighted by atomic mass is 9.90. The summed E-state index contributed by atoms with van der Waals surface area (Å²) in [7, 11) is 4.07. The molecule has 0 saturated heterocycles. The number of carbonyl (C=O) groups excluding carboxylic acids is 1. The minimum atomic E-state index is -0.0235. The van der Waals surface area contributed by atoms with Gasteiger partial charge in [0.25, 0.3) is 0 Å². The van der Waals surface area contributed by atoms with Crippen molar-refractivity contribution in [2.45, 2.75) is 12.3 Å². The fourth-order valence-corrected chi connectivity index (χ4v) is 5.16. The number of rotatable bonds is 8. The average molecular weight is 481 g/mol. The largest absolute Gasteiger partial charge is 0.378 e. The molecule has 0 bridgehead atoms. The summed E-state index contributed by atoms with van der Waals surface area (Å²) < 4.78 is 0. The molecular weight excluding hydrogens is 452 g/mol. The van der Waals surface area contributed by atoms with E-state index in [1.165, 1.54) is 16.5 Å². The highest BCUT2D eigenvalue weighted by Crippen LogP contribution is 2.31. The van der Waals surface area contributed by atoms with Gasteiger partial charge in [0.05, 0.1) is 12.1 Å². The summed E-state index contributed by atoms with van der Waals surface area (Å²) in [5.74, 6) is 0.00582. The van der Waals surface area contributed by atoms with Crippen molar-refractivity contribution in [3.05, 3.63) is 107 Å². The van der Waals surface area contributed by atoms with Crippen molar-refractivity contribution < 1.29 is 4.79 Å². The number of H-pyrrole nitrogens is 1. The fourth-order valence-electron chi connectivity index (χ4n) is 4.34. The van der Waals surface area contributed by atoms with Crippen molar-refractivity contribution in [1.29, 1.82) is 0 Å². The van der Waals surface area contributed by atoms with Crippen LogP contribution < -0.4 is 10.2 Å². The second-order valence-electron chi connectivity index (χ2n) is 8.82. The smallest absolute Gasteiger partial charge is 0.226 e. The maximum Gasteiger partial charge on any atom is 0.226 e. The van der Waals surface area contributed by atoms with Gasteiger partial charge in [-0.3, -0.25) is 4.79 Å². The minimum Gasteiger partial charge on any atom is -0.378 e. The SMILES string of the molecule is CN(C)c1ccc(C(CNC(=O)Cc2csc(-c3ccccc3)n2)c2c[nH]c3ccccc23)cc1. The van der Waals surface area contributed by atoms with Crippen molar-refractivity contribution in [3.8, 4) is 10.6 Å². The number of nitrogens with one attached hydrogen (secondary N) is 2. The van der Waals surface area contributed by atoms with E-state index >= 15 is 0 Å². The Balaban J connectivity index is 1.34. The number of thiazole rings is 1. The van der Waals surface area contributed by atoms with Gasteiger partial charge in [0.1, 0.15) is 5.01 Å². The molecule has 0 radical (unpaired) electrons. The molecular formula is C29H28N4OS. The topological polar surface area (TPSA) is 61.0 Å². The van der Waals surface area contributed by atoms with Gasteiger partial charge in [-0.25, -0.2) is 4.98 Å². The molecule has 0 aliphatic rings. The predicted octanol–water partition coefficient (Wildman–Crippen LogP) is 5.85. The maximum atomic E-state index is 12.9. The number of anilines is 1. The Labute approximate surface area is 209 Å². The first kappa shape index (κ1) is 22.9. The van der Waals surface area contributed by atoms with E-state index in [0.717, 1.165) is 27.5 Å². The van der Waals surface area contributed by atoms with Crippen molar-refractivity contribution in [2.24, 2.45) is 0 Å². The number of aromatic amines is 1. The van der Waals surface area contributed by atoms with E-state index in [1.54, 1.807) is 11.3 Å². The lowest BCUT2D eigenvalue weighted by Crippen LogP contribution is -2.30. The first-order valence-electron chi connectivity index (χ1n) is 11.7. The second-order valence-corrected chi connectivity index (χ2v) is 9.68. The van der Waals surface area contributed by atoms with Gasteiger partial charge in [0.15, 0.2) is 0 Å². The minimum absolute atomic E-state index is 0.0235. The molecule has 5 nitrogen and oxygen atoms in total. The monoisotopic (exact) mass is 480 g/mol. The van der Waals surface area contributed by atoms with Crippen LogP contribution >= 0.6 is 11.3 Å². The molecule has 2 N–H and O–H groups in total. The van der Waals surface area contributed by atoms with Crippen LogP contribution in [0, 0.1) is 0 Å². The van der Waals surface area contributed by atoms with E-state index in [0.29, 0.717) is 6.54 Å². The highest BCUT2D eigenvalue weighted by atomic mass is 32.1. The predicted molar refractivity (Wildman–Crippen MR) is 145 cm³/mol. The van der Waals surface area contributed by atoms with Gasteiger partial charge in [-0.15, -0.1) is 11.3 Å². The van der Waals surface area contributed by atoms with Gasteiger partial charge < -0.3 is 15.2 Å². The molecule has 5 rings (SSSR count). The number of benzene rings is 3. The van der Waals surface area contributed by atoms with Crippen LogP contribution in [-0.4, -0.2) is 36.5 Å². The van der Waals surface area contributed by atoms with Crippen LogP contribution in [0.3, 0.4) is 0 Å². The summed E-state index contributed by atoms with van der Waals surface area (Å²) in [6.45, 7) is 0.512. The molecule has 1 unspecified atom stereocenters. The third kappa shape index (κ3) is 5.12. The van der Waals surface area contributed by atoms with Crippen molar-refractivity contribution in [3.63, 3.8) is 0 Å². The van der Waals surface area contributed by atoms with E-state index < -0.39 is 0 Å². The Kier molecular flexibility index (Phi) is 6.64. The van der Waals surface area contributed by atoms with Gasteiger partial charge in [0, 0.05) is 60.3 Å². The Morgan fingerprint density at radius 3 is 2.51 bits per heavy atom. The maximum absolute atomic E-state index is 12.9. The third-order valence-corrected chi connectivity index (χ3v) is 7.17. The number of carbonyl (C=O) groups is 1. The fraction of sp³-hybridized carbons (Fsp3) is 0.172. The standard InChI is InChI=1S/C29H28N4OS/c1-33(2)23-14-12-20(13-15-23)25(26-18-30-27-11-7-6-10-24(26)27)17-31-28(34)16-22-19-35-29(32-22)21-8-4-3-5-9-21/h3-15,18-19,25,30H,16-17H2,1-2H3,(H,31,34). The molecule has 0 aliphatic heterocycles. The lowest BCUT2D eigenvalue weighted by Gasteiger charge is -2.20. The number of hydrogen-bond donors (Lipinski definition) is 2. The van der Waals surface area contributed by atoms with Crippen molar-refractivity contribution in [1.82, 2.24) is 15.3 Å². The third-order valence-electron chi connectivity index (χ3n) is 6.23. The highest BCUT2D eigenvalue weighted by molar-refractivity contribution is 7.13. The summed E-state index contributed by atoms with van der Waals surface area (Å²) in [5.41, 5.74) is 6.46. The van der Waals surface area contributed by atoms with Crippen molar-refractivity contribution in [2.75, 3.05) is 25.5 Å². The zero-order valence-corrected chi connectivity index (χ0v) is 20.7. The van der Waals surface area contributed by atoms with Crippen LogP contribution in [0.25, 0.3) is 21.5 Å². The van der Waals surface area contributed by atoms with Crippen LogP contribution in [0.5, 0.6) is 0 Å². The summed E-state index contributed by atoms with van der Waals surface area (Å²) >= 11 is 1.57. The molecule has 1 atom stereocenters. The molecule has 0 aliphatic carbocycles. The van der Waals surface area contributed by atoms with Crippen LogP contribution in [0.15, 0.2) is 90.4 Å². The summed E-state index contributed by atoms with van der Waals surface area (Å²) in [6.07, 6.45) is 2.33. The Hall–Kier alpha value is -3.90. The lowest BCUT2D eigenvalue weighted by molar-refractivity contribution is -0.120. The van der Waals surface area contributed by atoms with E-state index in [4.69, 9.17) is 0 Å². The van der Waals surface area contributed by atoms with E-state index in [9.17, 15) is 4.79 Å². The zero-order chi connectivity index (χ0) is 24.2. The molecule has 35 heavy (non-hydrogen) atoms. The first-order chi connectivity index (χ1) is 17.1. The van der Waals surface area contributed by atoms with Gasteiger partial charge in [0.2, 0.25) is 5.91 Å². The molecule has 176 valence electrons. The van der Waals surface area contributed by atoms with Gasteiger partial charge in [-0.1, -0.05) is 60.7 Å². The number of amides is 1. The molecule has 0 spiro atoms. The van der Waals surface area contributed by atoms with Crippen LogP contribution in [0.2, 0.25) is 0 Å². The Morgan fingerprint density at radius 1 is 1.00 bits per heavy atom.